The molecule has 0 aliphatic heterocycles. The molecule has 0 saturated heterocycles. The molecule has 1 nitrogen and oxygen atoms in total. The number of halogens is 4. The summed E-state index contributed by atoms with van der Waals surface area (Å²) >= 11 is 3.24. The van der Waals surface area contributed by atoms with Crippen molar-refractivity contribution < 1.29 is 13.2 Å². The monoisotopic (exact) mass is 259 g/mol. The SMILES string of the molecule is FC(F)(F)CCN(CCBr)C1CC1. The summed E-state index contributed by atoms with van der Waals surface area (Å²) in [5.74, 6) is 0. The Morgan fingerprint density at radius 2 is 1.85 bits per heavy atom. The van der Waals surface area contributed by atoms with E-state index in [0.717, 1.165) is 24.7 Å². The van der Waals surface area contributed by atoms with Crippen LogP contribution in [0, 0.1) is 0 Å². The Labute approximate surface area is 84.4 Å². The molecular weight excluding hydrogens is 247 g/mol. The van der Waals surface area contributed by atoms with Crippen LogP contribution in [0.2, 0.25) is 0 Å². The minimum absolute atomic E-state index is 0.153. The first-order chi connectivity index (χ1) is 6.03. The Kier molecular flexibility index (Phi) is 4.04. The molecule has 1 saturated carbocycles. The van der Waals surface area contributed by atoms with Gasteiger partial charge in [-0.3, -0.25) is 4.90 Å². The van der Waals surface area contributed by atoms with Gasteiger partial charge in [0, 0.05) is 24.5 Å². The minimum Gasteiger partial charge on any atom is -0.299 e. The van der Waals surface area contributed by atoms with Gasteiger partial charge in [-0.15, -0.1) is 0 Å². The average molecular weight is 260 g/mol. The van der Waals surface area contributed by atoms with E-state index in [-0.39, 0.29) is 6.54 Å². The van der Waals surface area contributed by atoms with Crippen LogP contribution in [0.5, 0.6) is 0 Å². The van der Waals surface area contributed by atoms with Crippen molar-refractivity contribution in [2.75, 3.05) is 18.4 Å². The van der Waals surface area contributed by atoms with Crippen LogP contribution in [0.15, 0.2) is 0 Å². The second-order valence-electron chi connectivity index (χ2n) is 3.32. The minimum atomic E-state index is -4.01. The molecule has 0 aromatic heterocycles. The van der Waals surface area contributed by atoms with Gasteiger partial charge in [0.25, 0.3) is 0 Å². The summed E-state index contributed by atoms with van der Waals surface area (Å²) in [6.45, 7) is 0.876. The highest BCUT2D eigenvalue weighted by atomic mass is 79.9. The molecule has 13 heavy (non-hydrogen) atoms. The molecule has 1 rings (SSSR count). The van der Waals surface area contributed by atoms with E-state index in [0.29, 0.717) is 6.04 Å². The summed E-state index contributed by atoms with van der Waals surface area (Å²) in [5.41, 5.74) is 0. The van der Waals surface area contributed by atoms with E-state index in [9.17, 15) is 13.2 Å². The first-order valence-corrected chi connectivity index (χ1v) is 5.52. The Balaban J connectivity index is 2.22. The molecule has 1 aliphatic carbocycles. The lowest BCUT2D eigenvalue weighted by molar-refractivity contribution is -0.138. The van der Waals surface area contributed by atoms with Crippen molar-refractivity contribution in [3.05, 3.63) is 0 Å². The summed E-state index contributed by atoms with van der Waals surface area (Å²) in [4.78, 5) is 1.92. The molecule has 0 heterocycles. The van der Waals surface area contributed by atoms with Crippen molar-refractivity contribution in [1.29, 1.82) is 0 Å². The van der Waals surface area contributed by atoms with Crippen LogP contribution < -0.4 is 0 Å². The maximum atomic E-state index is 11.9. The van der Waals surface area contributed by atoms with E-state index in [4.69, 9.17) is 0 Å². The average Bonchev–Trinajstić information content (AvgIpc) is 2.78. The Morgan fingerprint density at radius 1 is 1.23 bits per heavy atom. The van der Waals surface area contributed by atoms with Crippen molar-refractivity contribution in [3.63, 3.8) is 0 Å². The standard InChI is InChI=1S/C8H13BrF3N/c9-4-6-13(7-1-2-7)5-3-8(10,11)12/h7H,1-6H2. The molecule has 0 spiro atoms. The van der Waals surface area contributed by atoms with Crippen molar-refractivity contribution in [1.82, 2.24) is 4.90 Å². The fourth-order valence-electron chi connectivity index (χ4n) is 1.30. The van der Waals surface area contributed by atoms with E-state index in [1.165, 1.54) is 0 Å². The van der Waals surface area contributed by atoms with E-state index in [1.807, 2.05) is 4.90 Å². The van der Waals surface area contributed by atoms with Gasteiger partial charge in [0.05, 0.1) is 6.42 Å². The van der Waals surface area contributed by atoms with Gasteiger partial charge in [-0.1, -0.05) is 15.9 Å². The highest BCUT2D eigenvalue weighted by molar-refractivity contribution is 9.09. The first kappa shape index (κ1) is 11.3. The van der Waals surface area contributed by atoms with E-state index in [1.54, 1.807) is 0 Å². The Hall–Kier alpha value is 0.230. The normalized spacial score (nSPS) is 18.2. The third-order valence-electron chi connectivity index (χ3n) is 2.12. The molecule has 78 valence electrons. The maximum absolute atomic E-state index is 11.9. The van der Waals surface area contributed by atoms with Gasteiger partial charge in [0.2, 0.25) is 0 Å². The van der Waals surface area contributed by atoms with Gasteiger partial charge in [-0.25, -0.2) is 0 Å². The van der Waals surface area contributed by atoms with Gasteiger partial charge in [-0.2, -0.15) is 13.2 Å². The highest BCUT2D eigenvalue weighted by Gasteiger charge is 2.33. The van der Waals surface area contributed by atoms with Gasteiger partial charge >= 0.3 is 6.18 Å². The quantitative estimate of drug-likeness (QED) is 0.687. The van der Waals surface area contributed by atoms with Crippen molar-refractivity contribution in [2.24, 2.45) is 0 Å². The zero-order valence-electron chi connectivity index (χ0n) is 7.28. The zero-order valence-corrected chi connectivity index (χ0v) is 8.87. The predicted molar refractivity (Wildman–Crippen MR) is 49.1 cm³/mol. The fourth-order valence-corrected chi connectivity index (χ4v) is 1.75. The van der Waals surface area contributed by atoms with Crippen LogP contribution in [0.25, 0.3) is 0 Å². The molecule has 1 aliphatic rings. The second-order valence-corrected chi connectivity index (χ2v) is 4.11. The van der Waals surface area contributed by atoms with Crippen molar-refractivity contribution in [3.8, 4) is 0 Å². The second kappa shape index (κ2) is 4.64. The largest absolute Gasteiger partial charge is 0.390 e. The number of nitrogens with zero attached hydrogens (tertiary/aromatic N) is 1. The molecule has 5 heteroatoms. The molecule has 0 N–H and O–H groups in total. The van der Waals surface area contributed by atoms with Crippen LogP contribution >= 0.6 is 15.9 Å². The maximum Gasteiger partial charge on any atom is 0.390 e. The van der Waals surface area contributed by atoms with Crippen LogP contribution in [0.1, 0.15) is 19.3 Å². The predicted octanol–water partition coefficient (Wildman–Crippen LogP) is 2.80. The van der Waals surface area contributed by atoms with Gasteiger partial charge in [0.15, 0.2) is 0 Å². The third kappa shape index (κ3) is 4.86. The fraction of sp³-hybridized carbons (Fsp3) is 1.00. The Morgan fingerprint density at radius 3 is 2.23 bits per heavy atom. The summed E-state index contributed by atoms with van der Waals surface area (Å²) in [6, 6.07) is 0.417. The van der Waals surface area contributed by atoms with Crippen LogP contribution in [0.4, 0.5) is 13.2 Å². The lowest BCUT2D eigenvalue weighted by Crippen LogP contribution is -2.31. The molecule has 0 radical (unpaired) electrons. The van der Waals surface area contributed by atoms with Crippen molar-refractivity contribution in [2.45, 2.75) is 31.5 Å². The van der Waals surface area contributed by atoms with Gasteiger partial charge < -0.3 is 0 Å². The molecule has 0 bridgehead atoms. The molecule has 0 aromatic rings. The topological polar surface area (TPSA) is 3.24 Å². The molecule has 0 amide bonds. The summed E-state index contributed by atoms with van der Waals surface area (Å²) < 4.78 is 35.7. The molecule has 0 atom stereocenters. The third-order valence-corrected chi connectivity index (χ3v) is 2.47. The lowest BCUT2D eigenvalue weighted by Gasteiger charge is -2.21. The highest BCUT2D eigenvalue weighted by Crippen LogP contribution is 2.28. The van der Waals surface area contributed by atoms with Gasteiger partial charge in [-0.05, 0) is 12.8 Å². The summed E-state index contributed by atoms with van der Waals surface area (Å²) in [5, 5.41) is 0.751. The van der Waals surface area contributed by atoms with Crippen LogP contribution in [-0.4, -0.2) is 35.5 Å². The van der Waals surface area contributed by atoms with Crippen LogP contribution in [-0.2, 0) is 0 Å². The first-order valence-electron chi connectivity index (χ1n) is 4.39. The van der Waals surface area contributed by atoms with E-state index < -0.39 is 12.6 Å². The van der Waals surface area contributed by atoms with Gasteiger partial charge in [0.1, 0.15) is 0 Å². The molecule has 1 fully saturated rings. The van der Waals surface area contributed by atoms with Crippen LogP contribution in [0.3, 0.4) is 0 Å². The smallest absolute Gasteiger partial charge is 0.299 e. The summed E-state index contributed by atoms with van der Waals surface area (Å²) in [6.07, 6.45) is -2.58. The zero-order chi connectivity index (χ0) is 9.90. The van der Waals surface area contributed by atoms with E-state index >= 15 is 0 Å². The van der Waals surface area contributed by atoms with E-state index in [2.05, 4.69) is 15.9 Å². The number of rotatable bonds is 5. The number of alkyl halides is 4. The summed E-state index contributed by atoms with van der Waals surface area (Å²) in [7, 11) is 0. The molecular formula is C8H13BrF3N. The lowest BCUT2D eigenvalue weighted by atomic mass is 10.3. The van der Waals surface area contributed by atoms with Crippen molar-refractivity contribution >= 4 is 15.9 Å². The number of hydrogen-bond donors (Lipinski definition) is 0. The molecule has 0 unspecified atom stereocenters. The number of hydrogen-bond acceptors (Lipinski definition) is 1. The molecule has 0 aromatic carbocycles. The Bertz CT molecular complexity index is 156.